The SMILES string of the molecule is CCc1ccc(C(C)NCCC(C)SC)s1. The van der Waals surface area contributed by atoms with Gasteiger partial charge >= 0.3 is 0 Å². The summed E-state index contributed by atoms with van der Waals surface area (Å²) in [5.41, 5.74) is 0. The highest BCUT2D eigenvalue weighted by Crippen LogP contribution is 2.23. The summed E-state index contributed by atoms with van der Waals surface area (Å²) in [5.74, 6) is 0. The molecule has 1 nitrogen and oxygen atoms in total. The zero-order valence-corrected chi connectivity index (χ0v) is 12.4. The van der Waals surface area contributed by atoms with Gasteiger partial charge in [0.2, 0.25) is 0 Å². The Morgan fingerprint density at radius 2 is 2.12 bits per heavy atom. The van der Waals surface area contributed by atoms with Gasteiger partial charge in [0, 0.05) is 21.0 Å². The second-order valence-corrected chi connectivity index (χ2v) is 6.64. The lowest BCUT2D eigenvalue weighted by Gasteiger charge is -2.14. The standard InChI is InChI=1S/C13H23NS2/c1-5-12-6-7-13(16-12)11(3)14-9-8-10(2)15-4/h6-7,10-11,14H,5,8-9H2,1-4H3. The maximum Gasteiger partial charge on any atom is 0.0386 e. The molecule has 3 heteroatoms. The molecule has 1 aromatic rings. The third-order valence-corrected chi connectivity index (χ3v) is 5.31. The molecule has 0 saturated heterocycles. The lowest BCUT2D eigenvalue weighted by molar-refractivity contribution is 0.564. The number of nitrogens with one attached hydrogen (secondary N) is 1. The molecule has 2 atom stereocenters. The molecule has 1 heterocycles. The van der Waals surface area contributed by atoms with E-state index >= 15 is 0 Å². The van der Waals surface area contributed by atoms with Crippen molar-refractivity contribution in [1.82, 2.24) is 5.32 Å². The predicted molar refractivity (Wildman–Crippen MR) is 77.7 cm³/mol. The maximum atomic E-state index is 3.60. The Morgan fingerprint density at radius 1 is 1.38 bits per heavy atom. The minimum atomic E-state index is 0.499. The molecule has 2 unspecified atom stereocenters. The molecule has 92 valence electrons. The number of hydrogen-bond acceptors (Lipinski definition) is 3. The summed E-state index contributed by atoms with van der Waals surface area (Å²) in [6.45, 7) is 7.88. The fourth-order valence-electron chi connectivity index (χ4n) is 1.54. The van der Waals surface area contributed by atoms with Crippen molar-refractivity contribution in [2.24, 2.45) is 0 Å². The van der Waals surface area contributed by atoms with Crippen LogP contribution in [0.15, 0.2) is 12.1 Å². The highest BCUT2D eigenvalue weighted by molar-refractivity contribution is 7.99. The smallest absolute Gasteiger partial charge is 0.0386 e. The molecule has 0 bridgehead atoms. The molecular formula is C13H23NS2. The van der Waals surface area contributed by atoms with Gasteiger partial charge < -0.3 is 5.32 Å². The summed E-state index contributed by atoms with van der Waals surface area (Å²) in [7, 11) is 0. The van der Waals surface area contributed by atoms with E-state index in [1.165, 1.54) is 16.2 Å². The van der Waals surface area contributed by atoms with E-state index in [-0.39, 0.29) is 0 Å². The predicted octanol–water partition coefficient (Wildman–Crippen LogP) is 4.10. The van der Waals surface area contributed by atoms with Crippen molar-refractivity contribution in [1.29, 1.82) is 0 Å². The van der Waals surface area contributed by atoms with Gasteiger partial charge in [0.1, 0.15) is 0 Å². The number of rotatable bonds is 7. The first-order chi connectivity index (χ1) is 7.67. The van der Waals surface area contributed by atoms with Crippen molar-refractivity contribution in [2.75, 3.05) is 12.8 Å². The Bertz CT molecular complexity index is 296. The Kier molecular flexibility index (Phi) is 6.47. The summed E-state index contributed by atoms with van der Waals surface area (Å²) in [5, 5.41) is 4.36. The summed E-state index contributed by atoms with van der Waals surface area (Å²) < 4.78 is 0. The zero-order valence-electron chi connectivity index (χ0n) is 10.7. The highest BCUT2D eigenvalue weighted by Gasteiger charge is 2.08. The Hall–Kier alpha value is 0.01000. The average molecular weight is 257 g/mol. The van der Waals surface area contributed by atoms with Crippen LogP contribution in [-0.2, 0) is 6.42 Å². The van der Waals surface area contributed by atoms with Gasteiger partial charge in [0.15, 0.2) is 0 Å². The van der Waals surface area contributed by atoms with Gasteiger partial charge in [-0.2, -0.15) is 11.8 Å². The summed E-state index contributed by atoms with van der Waals surface area (Å²) >= 11 is 3.88. The van der Waals surface area contributed by atoms with Crippen molar-refractivity contribution >= 4 is 23.1 Å². The second kappa shape index (κ2) is 7.36. The Balaban J connectivity index is 2.31. The lowest BCUT2D eigenvalue weighted by atomic mass is 10.2. The minimum Gasteiger partial charge on any atom is -0.309 e. The van der Waals surface area contributed by atoms with Crippen LogP contribution in [0.1, 0.15) is 43.0 Å². The van der Waals surface area contributed by atoms with E-state index in [4.69, 9.17) is 0 Å². The van der Waals surface area contributed by atoms with E-state index in [1.807, 2.05) is 23.1 Å². The number of aryl methyl sites for hydroxylation is 1. The zero-order chi connectivity index (χ0) is 12.0. The van der Waals surface area contributed by atoms with Crippen LogP contribution < -0.4 is 5.32 Å². The van der Waals surface area contributed by atoms with E-state index in [0.717, 1.165) is 18.2 Å². The first-order valence-electron chi connectivity index (χ1n) is 6.02. The van der Waals surface area contributed by atoms with Crippen LogP contribution in [0.25, 0.3) is 0 Å². The van der Waals surface area contributed by atoms with E-state index in [2.05, 4.69) is 44.5 Å². The van der Waals surface area contributed by atoms with Crippen molar-refractivity contribution in [3.8, 4) is 0 Å². The minimum absolute atomic E-state index is 0.499. The molecule has 0 aliphatic rings. The fourth-order valence-corrected chi connectivity index (χ4v) is 2.87. The largest absolute Gasteiger partial charge is 0.309 e. The Morgan fingerprint density at radius 3 is 2.69 bits per heavy atom. The van der Waals surface area contributed by atoms with Crippen molar-refractivity contribution < 1.29 is 0 Å². The van der Waals surface area contributed by atoms with Crippen LogP contribution in [0.5, 0.6) is 0 Å². The van der Waals surface area contributed by atoms with Crippen LogP contribution >= 0.6 is 23.1 Å². The maximum absolute atomic E-state index is 3.60. The van der Waals surface area contributed by atoms with Gasteiger partial charge in [-0.3, -0.25) is 0 Å². The van der Waals surface area contributed by atoms with Crippen LogP contribution in [0.3, 0.4) is 0 Å². The van der Waals surface area contributed by atoms with Gasteiger partial charge in [-0.05, 0) is 44.7 Å². The summed E-state index contributed by atoms with van der Waals surface area (Å²) in [6, 6.07) is 5.02. The first-order valence-corrected chi connectivity index (χ1v) is 8.12. The average Bonchev–Trinajstić information content (AvgIpc) is 2.77. The third-order valence-electron chi connectivity index (χ3n) is 2.86. The van der Waals surface area contributed by atoms with E-state index in [1.54, 1.807) is 0 Å². The van der Waals surface area contributed by atoms with Crippen molar-refractivity contribution in [2.45, 2.75) is 44.9 Å². The fraction of sp³-hybridized carbons (Fsp3) is 0.692. The molecule has 0 amide bonds. The molecule has 0 spiro atoms. The van der Waals surface area contributed by atoms with Gasteiger partial charge in [0.25, 0.3) is 0 Å². The van der Waals surface area contributed by atoms with Gasteiger partial charge in [-0.25, -0.2) is 0 Å². The van der Waals surface area contributed by atoms with Crippen LogP contribution in [0, 0.1) is 0 Å². The normalized spacial score (nSPS) is 15.0. The number of hydrogen-bond donors (Lipinski definition) is 1. The number of thioether (sulfide) groups is 1. The van der Waals surface area contributed by atoms with E-state index in [0.29, 0.717) is 6.04 Å². The van der Waals surface area contributed by atoms with Crippen LogP contribution in [0.4, 0.5) is 0 Å². The topological polar surface area (TPSA) is 12.0 Å². The molecule has 0 aliphatic heterocycles. The van der Waals surface area contributed by atoms with E-state index < -0.39 is 0 Å². The summed E-state index contributed by atoms with van der Waals surface area (Å²) in [4.78, 5) is 2.95. The van der Waals surface area contributed by atoms with Crippen LogP contribution in [-0.4, -0.2) is 18.1 Å². The third kappa shape index (κ3) is 4.48. The second-order valence-electron chi connectivity index (χ2n) is 4.17. The molecule has 1 N–H and O–H groups in total. The molecule has 0 radical (unpaired) electrons. The van der Waals surface area contributed by atoms with Gasteiger partial charge in [-0.15, -0.1) is 11.3 Å². The molecule has 1 rings (SSSR count). The quantitative estimate of drug-likeness (QED) is 0.789. The molecular weight excluding hydrogens is 234 g/mol. The van der Waals surface area contributed by atoms with Crippen molar-refractivity contribution in [3.05, 3.63) is 21.9 Å². The summed E-state index contributed by atoms with van der Waals surface area (Å²) in [6.07, 6.45) is 4.58. The monoisotopic (exact) mass is 257 g/mol. The molecule has 0 fully saturated rings. The van der Waals surface area contributed by atoms with E-state index in [9.17, 15) is 0 Å². The Labute approximate surface area is 108 Å². The lowest BCUT2D eigenvalue weighted by Crippen LogP contribution is -2.21. The molecule has 0 aromatic carbocycles. The molecule has 1 aromatic heterocycles. The molecule has 0 saturated carbocycles. The van der Waals surface area contributed by atoms with Gasteiger partial charge in [0.05, 0.1) is 0 Å². The molecule has 16 heavy (non-hydrogen) atoms. The van der Waals surface area contributed by atoms with Crippen LogP contribution in [0.2, 0.25) is 0 Å². The van der Waals surface area contributed by atoms with Crippen molar-refractivity contribution in [3.63, 3.8) is 0 Å². The highest BCUT2D eigenvalue weighted by atomic mass is 32.2. The first kappa shape index (κ1) is 14.1. The van der Waals surface area contributed by atoms with Gasteiger partial charge in [-0.1, -0.05) is 13.8 Å². The number of thiophene rings is 1. The molecule has 0 aliphatic carbocycles.